The molecule has 116 valence electrons. The van der Waals surface area contributed by atoms with Crippen LogP contribution in [0, 0.1) is 6.92 Å². The lowest BCUT2D eigenvalue weighted by Gasteiger charge is -2.11. The van der Waals surface area contributed by atoms with Gasteiger partial charge in [-0.15, -0.1) is 0 Å². The Balaban J connectivity index is 2.17. The standard InChI is InChI=1S/C14H20N2O4S/c1-4-15-9-12-8-14(11(3)20-12)21(17,18)16-10(2)13-6-5-7-19-13/h5-8,10,15-16H,4,9H2,1-3H3. The highest BCUT2D eigenvalue weighted by Gasteiger charge is 2.24. The molecule has 2 heterocycles. The molecule has 21 heavy (non-hydrogen) atoms. The van der Waals surface area contributed by atoms with Gasteiger partial charge in [-0.1, -0.05) is 6.92 Å². The van der Waals surface area contributed by atoms with Crippen LogP contribution in [0.4, 0.5) is 0 Å². The predicted octanol–water partition coefficient (Wildman–Crippen LogP) is 2.33. The van der Waals surface area contributed by atoms with Gasteiger partial charge >= 0.3 is 0 Å². The minimum Gasteiger partial charge on any atom is -0.468 e. The number of aryl methyl sites for hydroxylation is 1. The van der Waals surface area contributed by atoms with Gasteiger partial charge in [0.2, 0.25) is 10.0 Å². The zero-order valence-corrected chi connectivity index (χ0v) is 13.2. The van der Waals surface area contributed by atoms with Gasteiger partial charge in [0.25, 0.3) is 0 Å². The second-order valence-electron chi connectivity index (χ2n) is 4.77. The van der Waals surface area contributed by atoms with Crippen LogP contribution in [0.25, 0.3) is 0 Å². The Hall–Kier alpha value is -1.57. The van der Waals surface area contributed by atoms with E-state index in [-0.39, 0.29) is 4.90 Å². The molecule has 1 unspecified atom stereocenters. The molecule has 1 atom stereocenters. The SMILES string of the molecule is CCNCc1cc(S(=O)(=O)NC(C)c2ccco2)c(C)o1. The summed E-state index contributed by atoms with van der Waals surface area (Å²) in [6.07, 6.45) is 1.51. The molecule has 6 nitrogen and oxygen atoms in total. The lowest BCUT2D eigenvalue weighted by Crippen LogP contribution is -2.26. The molecule has 2 rings (SSSR count). The van der Waals surface area contributed by atoms with Crippen LogP contribution in [0.2, 0.25) is 0 Å². The molecule has 2 aromatic heterocycles. The van der Waals surface area contributed by atoms with Gasteiger partial charge in [0, 0.05) is 6.07 Å². The molecule has 0 spiro atoms. The second kappa shape index (κ2) is 6.46. The lowest BCUT2D eigenvalue weighted by molar-refractivity contribution is 0.453. The maximum absolute atomic E-state index is 12.4. The fourth-order valence-corrected chi connectivity index (χ4v) is 3.43. The predicted molar refractivity (Wildman–Crippen MR) is 78.3 cm³/mol. The summed E-state index contributed by atoms with van der Waals surface area (Å²) in [5.74, 6) is 1.54. The molecule has 2 aromatic rings. The van der Waals surface area contributed by atoms with Gasteiger partial charge in [-0.3, -0.25) is 0 Å². The van der Waals surface area contributed by atoms with Gasteiger partial charge in [0.15, 0.2) is 0 Å². The Labute approximate surface area is 124 Å². The van der Waals surface area contributed by atoms with Gasteiger partial charge in [-0.05, 0) is 32.5 Å². The van der Waals surface area contributed by atoms with Crippen molar-refractivity contribution >= 4 is 10.0 Å². The zero-order chi connectivity index (χ0) is 15.5. The van der Waals surface area contributed by atoms with Gasteiger partial charge in [0.05, 0.1) is 18.8 Å². The van der Waals surface area contributed by atoms with Gasteiger partial charge in [0.1, 0.15) is 22.2 Å². The van der Waals surface area contributed by atoms with Crippen LogP contribution in [0.3, 0.4) is 0 Å². The maximum atomic E-state index is 12.4. The average Bonchev–Trinajstić information content (AvgIpc) is 3.05. The number of rotatable bonds is 7. The first-order valence-corrected chi connectivity index (χ1v) is 8.28. The number of sulfonamides is 1. The van der Waals surface area contributed by atoms with E-state index in [1.807, 2.05) is 6.92 Å². The first-order valence-electron chi connectivity index (χ1n) is 6.79. The molecule has 0 saturated heterocycles. The van der Waals surface area contributed by atoms with Crippen LogP contribution in [-0.2, 0) is 16.6 Å². The minimum absolute atomic E-state index is 0.161. The molecule has 0 saturated carbocycles. The summed E-state index contributed by atoms with van der Waals surface area (Å²) in [6.45, 7) is 6.63. The fraction of sp³-hybridized carbons (Fsp3) is 0.429. The summed E-state index contributed by atoms with van der Waals surface area (Å²) in [6, 6.07) is 4.55. The molecule has 0 amide bonds. The van der Waals surface area contributed by atoms with Crippen molar-refractivity contribution in [2.75, 3.05) is 6.54 Å². The van der Waals surface area contributed by atoms with Crippen LogP contribution in [-0.4, -0.2) is 15.0 Å². The quantitative estimate of drug-likeness (QED) is 0.819. The molecular weight excluding hydrogens is 292 g/mol. The van der Waals surface area contributed by atoms with E-state index in [1.54, 1.807) is 32.0 Å². The third kappa shape index (κ3) is 3.75. The van der Waals surface area contributed by atoms with E-state index in [4.69, 9.17) is 8.83 Å². The average molecular weight is 312 g/mol. The number of hydrogen-bond acceptors (Lipinski definition) is 5. The molecular formula is C14H20N2O4S. The van der Waals surface area contributed by atoms with E-state index in [0.717, 1.165) is 6.54 Å². The first-order chi connectivity index (χ1) is 9.94. The number of nitrogens with one attached hydrogen (secondary N) is 2. The van der Waals surface area contributed by atoms with Crippen LogP contribution in [0.5, 0.6) is 0 Å². The summed E-state index contributed by atoms with van der Waals surface area (Å²) >= 11 is 0. The van der Waals surface area contributed by atoms with E-state index >= 15 is 0 Å². The van der Waals surface area contributed by atoms with E-state index in [2.05, 4.69) is 10.0 Å². The fourth-order valence-electron chi connectivity index (χ4n) is 2.02. The Morgan fingerprint density at radius 2 is 2.14 bits per heavy atom. The highest BCUT2D eigenvalue weighted by molar-refractivity contribution is 7.89. The minimum atomic E-state index is -3.65. The first kappa shape index (κ1) is 15.8. The van der Waals surface area contributed by atoms with E-state index in [1.165, 1.54) is 6.26 Å². The molecule has 0 bridgehead atoms. The van der Waals surface area contributed by atoms with Crippen molar-refractivity contribution in [2.24, 2.45) is 0 Å². The molecule has 7 heteroatoms. The third-order valence-electron chi connectivity index (χ3n) is 3.06. The van der Waals surface area contributed by atoms with Crippen molar-refractivity contribution in [1.82, 2.24) is 10.0 Å². The second-order valence-corrected chi connectivity index (χ2v) is 6.45. The highest BCUT2D eigenvalue weighted by Crippen LogP contribution is 2.22. The van der Waals surface area contributed by atoms with Gasteiger partial charge in [-0.25, -0.2) is 13.1 Å². The van der Waals surface area contributed by atoms with Crippen LogP contribution in [0.1, 0.15) is 37.2 Å². The van der Waals surface area contributed by atoms with E-state index in [0.29, 0.717) is 23.8 Å². The largest absolute Gasteiger partial charge is 0.468 e. The van der Waals surface area contributed by atoms with Crippen molar-refractivity contribution in [3.63, 3.8) is 0 Å². The number of hydrogen-bond donors (Lipinski definition) is 2. The van der Waals surface area contributed by atoms with Crippen LogP contribution < -0.4 is 10.0 Å². The summed E-state index contributed by atoms with van der Waals surface area (Å²) in [5.41, 5.74) is 0. The molecule has 0 fully saturated rings. The molecule has 0 aliphatic heterocycles. The molecule has 0 aromatic carbocycles. The van der Waals surface area contributed by atoms with Gasteiger partial charge in [-0.2, -0.15) is 0 Å². The van der Waals surface area contributed by atoms with Crippen molar-refractivity contribution in [3.8, 4) is 0 Å². The molecule has 0 aliphatic carbocycles. The normalized spacial score (nSPS) is 13.5. The zero-order valence-electron chi connectivity index (χ0n) is 12.3. The Kier molecular flexibility index (Phi) is 4.87. The Morgan fingerprint density at radius 1 is 1.38 bits per heavy atom. The topological polar surface area (TPSA) is 84.5 Å². The molecule has 0 aliphatic rings. The van der Waals surface area contributed by atoms with Gasteiger partial charge < -0.3 is 14.2 Å². The van der Waals surface area contributed by atoms with Crippen molar-refractivity contribution < 1.29 is 17.3 Å². The third-order valence-corrected chi connectivity index (χ3v) is 4.71. The monoisotopic (exact) mass is 312 g/mol. The summed E-state index contributed by atoms with van der Waals surface area (Å²) in [4.78, 5) is 0.161. The summed E-state index contributed by atoms with van der Waals surface area (Å²) < 4.78 is 38.1. The van der Waals surface area contributed by atoms with Crippen molar-refractivity contribution in [2.45, 2.75) is 38.3 Å². The highest BCUT2D eigenvalue weighted by atomic mass is 32.2. The molecule has 2 N–H and O–H groups in total. The van der Waals surface area contributed by atoms with Crippen molar-refractivity contribution in [1.29, 1.82) is 0 Å². The van der Waals surface area contributed by atoms with Crippen molar-refractivity contribution in [3.05, 3.63) is 41.7 Å². The Bertz CT molecular complexity index is 674. The summed E-state index contributed by atoms with van der Waals surface area (Å²) in [7, 11) is -3.65. The number of furan rings is 2. The summed E-state index contributed by atoms with van der Waals surface area (Å²) in [5, 5.41) is 3.10. The van der Waals surface area contributed by atoms with Crippen LogP contribution >= 0.6 is 0 Å². The maximum Gasteiger partial charge on any atom is 0.244 e. The molecule has 0 radical (unpaired) electrons. The lowest BCUT2D eigenvalue weighted by atomic mass is 10.3. The van der Waals surface area contributed by atoms with E-state index < -0.39 is 16.1 Å². The van der Waals surface area contributed by atoms with E-state index in [9.17, 15) is 8.42 Å². The Morgan fingerprint density at radius 3 is 2.76 bits per heavy atom. The van der Waals surface area contributed by atoms with Crippen LogP contribution in [0.15, 0.2) is 38.2 Å². The smallest absolute Gasteiger partial charge is 0.244 e.